The molecule has 1 aliphatic heterocycles. The van der Waals surface area contributed by atoms with Gasteiger partial charge in [0.05, 0.1) is 25.4 Å². The number of aliphatic hydroxyl groups excluding tert-OH is 6. The number of hydrogen-bond acceptors (Lipinski definition) is 9. The molecule has 8 atom stereocenters. The fourth-order valence-corrected chi connectivity index (χ4v) is 6.57. The average molecular weight is 754 g/mol. The molecule has 7 N–H and O–H groups in total. The predicted molar refractivity (Wildman–Crippen MR) is 213 cm³/mol. The molecule has 1 heterocycles. The Morgan fingerprint density at radius 3 is 1.79 bits per heavy atom. The minimum absolute atomic E-state index is 0.341. The zero-order valence-electron chi connectivity index (χ0n) is 33.6. The molecule has 0 aromatic rings. The van der Waals surface area contributed by atoms with E-state index in [-0.39, 0.29) is 6.61 Å². The number of allylic oxidation sites excluding steroid dienone is 4. The Balaban J connectivity index is 2.59. The fourth-order valence-electron chi connectivity index (χ4n) is 6.57. The normalized spacial score (nSPS) is 22.8. The Morgan fingerprint density at radius 2 is 1.23 bits per heavy atom. The third kappa shape index (κ3) is 23.8. The third-order valence-electron chi connectivity index (χ3n) is 10.2. The minimum atomic E-state index is -1.62. The SMILES string of the molecule is CCCCCCCCCCCCCC/C=C\[C@@H](O)C(=O)N[C@@H](CO[C@@H]1O[C@H](CO)[C@@H](O)[C@H](O)[C@H]1O)C(O)/C=C/CC/C=C(\C)CCCCCCCCC. The van der Waals surface area contributed by atoms with E-state index in [0.717, 1.165) is 32.1 Å². The molecule has 0 aromatic carbocycles. The summed E-state index contributed by atoms with van der Waals surface area (Å²) in [6.45, 7) is 5.67. The first-order valence-electron chi connectivity index (χ1n) is 21.2. The van der Waals surface area contributed by atoms with Gasteiger partial charge < -0.3 is 45.4 Å². The molecule has 0 aromatic heterocycles. The lowest BCUT2D eigenvalue weighted by molar-refractivity contribution is -0.302. The highest BCUT2D eigenvalue weighted by atomic mass is 16.7. The smallest absolute Gasteiger partial charge is 0.253 e. The van der Waals surface area contributed by atoms with Crippen molar-refractivity contribution in [3.8, 4) is 0 Å². The molecule has 0 spiro atoms. The topological polar surface area (TPSA) is 169 Å². The van der Waals surface area contributed by atoms with Gasteiger partial charge in [0.2, 0.25) is 0 Å². The molecule has 10 nitrogen and oxygen atoms in total. The summed E-state index contributed by atoms with van der Waals surface area (Å²) in [5.41, 5.74) is 1.35. The van der Waals surface area contributed by atoms with Crippen LogP contribution in [0.4, 0.5) is 0 Å². The quantitative estimate of drug-likeness (QED) is 0.0274. The number of rotatable bonds is 33. The monoisotopic (exact) mass is 754 g/mol. The van der Waals surface area contributed by atoms with E-state index in [1.54, 1.807) is 12.2 Å². The number of carbonyl (C=O) groups is 1. The molecule has 10 heteroatoms. The van der Waals surface area contributed by atoms with E-state index < -0.39 is 61.5 Å². The third-order valence-corrected chi connectivity index (χ3v) is 10.2. The van der Waals surface area contributed by atoms with Gasteiger partial charge in [-0.1, -0.05) is 159 Å². The van der Waals surface area contributed by atoms with E-state index >= 15 is 0 Å². The second-order valence-electron chi connectivity index (χ2n) is 15.1. The van der Waals surface area contributed by atoms with Crippen LogP contribution in [0.1, 0.15) is 168 Å². The van der Waals surface area contributed by atoms with Crippen LogP contribution in [0.3, 0.4) is 0 Å². The lowest BCUT2D eigenvalue weighted by atomic mass is 9.99. The maximum atomic E-state index is 13.0. The Bertz CT molecular complexity index is 971. The van der Waals surface area contributed by atoms with Crippen molar-refractivity contribution >= 4 is 5.91 Å². The molecule has 0 radical (unpaired) electrons. The summed E-state index contributed by atoms with van der Waals surface area (Å²) in [7, 11) is 0. The zero-order chi connectivity index (χ0) is 39.1. The second-order valence-corrected chi connectivity index (χ2v) is 15.1. The van der Waals surface area contributed by atoms with E-state index in [2.05, 4.69) is 32.2 Å². The molecular weight excluding hydrogens is 674 g/mol. The highest BCUT2D eigenvalue weighted by Crippen LogP contribution is 2.22. The van der Waals surface area contributed by atoms with Crippen LogP contribution < -0.4 is 5.32 Å². The number of ether oxygens (including phenoxy) is 2. The fraction of sp³-hybridized carbons (Fsp3) is 0.837. The van der Waals surface area contributed by atoms with Gasteiger partial charge in [0, 0.05) is 0 Å². The Labute approximate surface area is 322 Å². The molecule has 1 rings (SSSR count). The van der Waals surface area contributed by atoms with Crippen molar-refractivity contribution in [3.63, 3.8) is 0 Å². The van der Waals surface area contributed by atoms with Crippen LogP contribution in [-0.2, 0) is 14.3 Å². The summed E-state index contributed by atoms with van der Waals surface area (Å²) in [6, 6.07) is -1.03. The van der Waals surface area contributed by atoms with Crippen molar-refractivity contribution in [1.82, 2.24) is 5.32 Å². The number of nitrogens with one attached hydrogen (secondary N) is 1. The van der Waals surface area contributed by atoms with Crippen molar-refractivity contribution < 1.29 is 44.9 Å². The lowest BCUT2D eigenvalue weighted by Gasteiger charge is -2.40. The first-order valence-corrected chi connectivity index (χ1v) is 21.2. The van der Waals surface area contributed by atoms with Gasteiger partial charge in [-0.25, -0.2) is 0 Å². The molecule has 1 saturated heterocycles. The van der Waals surface area contributed by atoms with Crippen molar-refractivity contribution in [2.45, 2.75) is 217 Å². The molecular formula is C43H79NO9. The van der Waals surface area contributed by atoms with Gasteiger partial charge >= 0.3 is 0 Å². The second kappa shape index (κ2) is 32.6. The van der Waals surface area contributed by atoms with Gasteiger partial charge in [0.25, 0.3) is 5.91 Å². The lowest BCUT2D eigenvalue weighted by Crippen LogP contribution is -2.60. The number of aliphatic hydroxyl groups is 6. The van der Waals surface area contributed by atoms with Gasteiger partial charge in [0.15, 0.2) is 12.4 Å². The van der Waals surface area contributed by atoms with E-state index in [0.29, 0.717) is 6.42 Å². The van der Waals surface area contributed by atoms with Crippen molar-refractivity contribution in [2.24, 2.45) is 0 Å². The number of hydrogen-bond donors (Lipinski definition) is 7. The standard InChI is InChI=1S/C43H79NO9/c1-4-6-8-10-12-13-14-15-16-17-18-20-22-26-31-37(47)42(51)44-35(33-52-43-41(50)40(49)39(48)38(32-45)53-43)36(46)30-27-23-25-29-34(3)28-24-21-19-11-9-7-5-2/h26-27,29-31,35-41,43,45-50H,4-25,28,32-33H2,1-3H3,(H,44,51)/b30-27+,31-26-,34-29+/t35-,36?,37+,38+,39+,40-,41+,43+/m0/s1. The average Bonchev–Trinajstić information content (AvgIpc) is 3.15. The zero-order valence-corrected chi connectivity index (χ0v) is 33.6. The number of unbranched alkanes of at least 4 members (excludes halogenated alkanes) is 19. The summed E-state index contributed by atoms with van der Waals surface area (Å²) in [4.78, 5) is 13.0. The first kappa shape index (κ1) is 49.4. The van der Waals surface area contributed by atoms with Gasteiger partial charge in [-0.15, -0.1) is 0 Å². The molecule has 0 aliphatic carbocycles. The summed E-state index contributed by atoms with van der Waals surface area (Å²) in [5, 5.41) is 64.4. The molecule has 1 amide bonds. The van der Waals surface area contributed by atoms with Crippen LogP contribution in [0.25, 0.3) is 0 Å². The van der Waals surface area contributed by atoms with Crippen LogP contribution in [0.15, 0.2) is 36.0 Å². The Kier molecular flexibility index (Phi) is 30.4. The largest absolute Gasteiger partial charge is 0.394 e. The maximum Gasteiger partial charge on any atom is 0.253 e. The Hall–Kier alpha value is -1.63. The van der Waals surface area contributed by atoms with Gasteiger partial charge in [0.1, 0.15) is 24.4 Å². The summed E-state index contributed by atoms with van der Waals surface area (Å²) < 4.78 is 11.1. The van der Waals surface area contributed by atoms with Crippen molar-refractivity contribution in [3.05, 3.63) is 36.0 Å². The summed E-state index contributed by atoms with van der Waals surface area (Å²) in [6.07, 6.45) is 26.3. The molecule has 0 bridgehead atoms. The van der Waals surface area contributed by atoms with Crippen molar-refractivity contribution in [2.75, 3.05) is 13.2 Å². The van der Waals surface area contributed by atoms with Gasteiger partial charge in [-0.05, 0) is 45.4 Å². The first-order chi connectivity index (χ1) is 25.7. The molecule has 310 valence electrons. The van der Waals surface area contributed by atoms with E-state index in [4.69, 9.17) is 9.47 Å². The summed E-state index contributed by atoms with van der Waals surface area (Å²) >= 11 is 0. The molecule has 1 fully saturated rings. The molecule has 1 unspecified atom stereocenters. The van der Waals surface area contributed by atoms with Crippen LogP contribution in [0, 0.1) is 0 Å². The highest BCUT2D eigenvalue weighted by Gasteiger charge is 2.44. The maximum absolute atomic E-state index is 13.0. The molecule has 1 aliphatic rings. The van der Waals surface area contributed by atoms with Crippen LogP contribution in [-0.4, -0.2) is 98.7 Å². The van der Waals surface area contributed by atoms with Crippen LogP contribution >= 0.6 is 0 Å². The summed E-state index contributed by atoms with van der Waals surface area (Å²) in [5.74, 6) is -0.713. The van der Waals surface area contributed by atoms with Gasteiger partial charge in [-0.2, -0.15) is 0 Å². The van der Waals surface area contributed by atoms with Gasteiger partial charge in [-0.3, -0.25) is 4.79 Å². The Morgan fingerprint density at radius 1 is 0.698 bits per heavy atom. The van der Waals surface area contributed by atoms with E-state index in [1.807, 2.05) is 6.08 Å². The molecule has 0 saturated carbocycles. The highest BCUT2D eigenvalue weighted by molar-refractivity contribution is 5.82. The minimum Gasteiger partial charge on any atom is -0.394 e. The van der Waals surface area contributed by atoms with Crippen LogP contribution in [0.2, 0.25) is 0 Å². The predicted octanol–water partition coefficient (Wildman–Crippen LogP) is 7.08. The van der Waals surface area contributed by atoms with E-state index in [9.17, 15) is 35.4 Å². The van der Waals surface area contributed by atoms with Crippen molar-refractivity contribution in [1.29, 1.82) is 0 Å². The van der Waals surface area contributed by atoms with E-state index in [1.165, 1.54) is 121 Å². The number of carbonyl (C=O) groups excluding carboxylic acids is 1. The molecule has 53 heavy (non-hydrogen) atoms. The number of amides is 1. The van der Waals surface area contributed by atoms with Crippen LogP contribution in [0.5, 0.6) is 0 Å².